The van der Waals surface area contributed by atoms with Gasteiger partial charge in [-0.3, -0.25) is 0 Å². The summed E-state index contributed by atoms with van der Waals surface area (Å²) in [5.41, 5.74) is 0.662. The summed E-state index contributed by atoms with van der Waals surface area (Å²) >= 11 is 0. The Balaban J connectivity index is 0.000000445. The zero-order valence-electron chi connectivity index (χ0n) is 18.8. The molecule has 3 unspecified atom stereocenters. The summed E-state index contributed by atoms with van der Waals surface area (Å²) in [7, 11) is 0. The summed E-state index contributed by atoms with van der Waals surface area (Å²) in [4.78, 5) is 20.4. The second kappa shape index (κ2) is 16.1. The Morgan fingerprint density at radius 1 is 0.710 bits per heavy atom. The lowest BCUT2D eigenvalue weighted by molar-refractivity contribution is -0.0154. The fraction of sp³-hybridized carbons (Fsp3) is 0.440. The van der Waals surface area contributed by atoms with Gasteiger partial charge in [-0.2, -0.15) is 0 Å². The van der Waals surface area contributed by atoms with Gasteiger partial charge in [-0.1, -0.05) is 70.0 Å². The maximum atomic E-state index is 10.2. The standard InChI is InChI=1S/C11H24O2.2C7H6O2/c1-5-9(6-2)11(13)10(7-3)8(4)12;2*8-7(9)6-4-2-1-3-5-6/h8-13H,5-7H2,1-4H3;2*1-5H,(H,8,9). The molecule has 6 heteroatoms. The van der Waals surface area contributed by atoms with Crippen LogP contribution in [-0.2, 0) is 0 Å². The van der Waals surface area contributed by atoms with Crippen LogP contribution >= 0.6 is 0 Å². The highest BCUT2D eigenvalue weighted by Crippen LogP contribution is 2.24. The summed E-state index contributed by atoms with van der Waals surface area (Å²) in [5, 5.41) is 36.2. The molecular formula is C25H36O6. The molecule has 172 valence electrons. The van der Waals surface area contributed by atoms with Gasteiger partial charge in [-0.05, 0) is 43.5 Å². The van der Waals surface area contributed by atoms with Gasteiger partial charge in [0.15, 0.2) is 0 Å². The van der Waals surface area contributed by atoms with E-state index in [1.54, 1.807) is 67.6 Å². The molecule has 0 aliphatic rings. The van der Waals surface area contributed by atoms with Gasteiger partial charge in [0.1, 0.15) is 0 Å². The van der Waals surface area contributed by atoms with Crippen molar-refractivity contribution in [3.05, 3.63) is 71.8 Å². The van der Waals surface area contributed by atoms with E-state index in [9.17, 15) is 19.8 Å². The van der Waals surface area contributed by atoms with Crippen molar-refractivity contribution in [3.8, 4) is 0 Å². The minimum atomic E-state index is -0.879. The van der Waals surface area contributed by atoms with Crippen molar-refractivity contribution in [1.29, 1.82) is 0 Å². The van der Waals surface area contributed by atoms with E-state index in [1.807, 2.05) is 6.92 Å². The number of hydrogen-bond acceptors (Lipinski definition) is 4. The first-order valence-corrected chi connectivity index (χ1v) is 10.6. The topological polar surface area (TPSA) is 115 Å². The third kappa shape index (κ3) is 11.3. The number of carbonyl (C=O) groups is 2. The predicted molar refractivity (Wildman–Crippen MR) is 122 cm³/mol. The van der Waals surface area contributed by atoms with E-state index in [2.05, 4.69) is 13.8 Å². The van der Waals surface area contributed by atoms with Crippen molar-refractivity contribution in [1.82, 2.24) is 0 Å². The second-order valence-corrected chi connectivity index (χ2v) is 7.22. The minimum absolute atomic E-state index is 0.0323. The largest absolute Gasteiger partial charge is 0.478 e. The predicted octanol–water partition coefficient (Wildman–Crippen LogP) is 4.96. The molecule has 2 aromatic carbocycles. The molecule has 0 aliphatic carbocycles. The van der Waals surface area contributed by atoms with Crippen LogP contribution in [-0.4, -0.2) is 44.6 Å². The van der Waals surface area contributed by atoms with Crippen LogP contribution in [0.25, 0.3) is 0 Å². The maximum Gasteiger partial charge on any atom is 0.335 e. The molecule has 0 aromatic heterocycles. The normalized spacial score (nSPS) is 13.0. The third-order valence-corrected chi connectivity index (χ3v) is 5.10. The first kappa shape index (κ1) is 28.3. The van der Waals surface area contributed by atoms with Gasteiger partial charge in [-0.25, -0.2) is 9.59 Å². The van der Waals surface area contributed by atoms with Gasteiger partial charge < -0.3 is 20.4 Å². The van der Waals surface area contributed by atoms with Crippen LogP contribution in [0.2, 0.25) is 0 Å². The first-order chi connectivity index (χ1) is 14.7. The highest BCUT2D eigenvalue weighted by molar-refractivity contribution is 5.87. The van der Waals surface area contributed by atoms with Crippen molar-refractivity contribution in [3.63, 3.8) is 0 Å². The molecule has 0 spiro atoms. The van der Waals surface area contributed by atoms with Crippen molar-refractivity contribution in [2.45, 2.75) is 59.2 Å². The SMILES string of the molecule is CCC(CC)C(O)C(CC)C(C)O.O=C(O)c1ccccc1.O=C(O)c1ccccc1. The van der Waals surface area contributed by atoms with Crippen LogP contribution in [0.5, 0.6) is 0 Å². The number of hydrogen-bond donors (Lipinski definition) is 4. The Labute approximate surface area is 185 Å². The summed E-state index contributed by atoms with van der Waals surface area (Å²) in [6.07, 6.45) is 2.07. The Kier molecular flexibility index (Phi) is 14.7. The van der Waals surface area contributed by atoms with Crippen LogP contribution < -0.4 is 0 Å². The fourth-order valence-corrected chi connectivity index (χ4v) is 3.15. The summed E-state index contributed by atoms with van der Waals surface area (Å²) in [5.74, 6) is -1.39. The number of aliphatic hydroxyl groups is 2. The van der Waals surface area contributed by atoms with Crippen LogP contribution in [0.3, 0.4) is 0 Å². The fourth-order valence-electron chi connectivity index (χ4n) is 3.15. The van der Waals surface area contributed by atoms with Gasteiger partial charge in [0, 0.05) is 5.92 Å². The van der Waals surface area contributed by atoms with Gasteiger partial charge in [0.05, 0.1) is 23.3 Å². The molecule has 0 radical (unpaired) electrons. The van der Waals surface area contributed by atoms with E-state index >= 15 is 0 Å². The molecule has 2 rings (SSSR count). The first-order valence-electron chi connectivity index (χ1n) is 10.6. The minimum Gasteiger partial charge on any atom is -0.478 e. The lowest BCUT2D eigenvalue weighted by Crippen LogP contribution is -2.34. The zero-order valence-corrected chi connectivity index (χ0v) is 18.8. The van der Waals surface area contributed by atoms with E-state index in [0.717, 1.165) is 19.3 Å². The average Bonchev–Trinajstić information content (AvgIpc) is 2.77. The van der Waals surface area contributed by atoms with Gasteiger partial charge in [0.2, 0.25) is 0 Å². The Morgan fingerprint density at radius 3 is 1.26 bits per heavy atom. The molecule has 31 heavy (non-hydrogen) atoms. The number of benzene rings is 2. The van der Waals surface area contributed by atoms with E-state index in [-0.39, 0.29) is 12.0 Å². The third-order valence-electron chi connectivity index (χ3n) is 5.10. The number of carboxylic acids is 2. The van der Waals surface area contributed by atoms with Gasteiger partial charge >= 0.3 is 11.9 Å². The van der Waals surface area contributed by atoms with Crippen molar-refractivity contribution in [2.24, 2.45) is 11.8 Å². The molecule has 0 amide bonds. The van der Waals surface area contributed by atoms with E-state index in [4.69, 9.17) is 10.2 Å². The number of carboxylic acid groups (broad SMARTS) is 2. The molecule has 0 heterocycles. The smallest absolute Gasteiger partial charge is 0.335 e. The quantitative estimate of drug-likeness (QED) is 0.469. The highest BCUT2D eigenvalue weighted by atomic mass is 16.4. The van der Waals surface area contributed by atoms with Crippen molar-refractivity contribution in [2.75, 3.05) is 0 Å². The molecule has 0 saturated carbocycles. The molecule has 3 atom stereocenters. The molecular weight excluding hydrogens is 396 g/mol. The van der Waals surface area contributed by atoms with Crippen LogP contribution in [0.1, 0.15) is 67.7 Å². The molecule has 4 N–H and O–H groups in total. The van der Waals surface area contributed by atoms with E-state index in [0.29, 0.717) is 17.0 Å². The lowest BCUT2D eigenvalue weighted by atomic mass is 9.83. The van der Waals surface area contributed by atoms with Crippen molar-refractivity contribution >= 4 is 11.9 Å². The molecule has 0 bridgehead atoms. The second-order valence-electron chi connectivity index (χ2n) is 7.22. The van der Waals surface area contributed by atoms with Crippen molar-refractivity contribution < 1.29 is 30.0 Å². The molecule has 0 saturated heterocycles. The summed E-state index contributed by atoms with van der Waals surface area (Å²) in [6.45, 7) is 7.96. The molecule has 6 nitrogen and oxygen atoms in total. The Hall–Kier alpha value is -2.70. The van der Waals surface area contributed by atoms with Crippen LogP contribution in [0, 0.1) is 11.8 Å². The van der Waals surface area contributed by atoms with Crippen LogP contribution in [0.4, 0.5) is 0 Å². The summed E-state index contributed by atoms with van der Waals surface area (Å²) < 4.78 is 0. The monoisotopic (exact) mass is 432 g/mol. The average molecular weight is 433 g/mol. The van der Waals surface area contributed by atoms with E-state index in [1.165, 1.54) is 0 Å². The maximum absolute atomic E-state index is 10.2. The molecule has 2 aromatic rings. The lowest BCUT2D eigenvalue weighted by Gasteiger charge is -2.29. The molecule has 0 fully saturated rings. The summed E-state index contributed by atoms with van der Waals surface area (Å²) in [6, 6.07) is 16.6. The van der Waals surface area contributed by atoms with Crippen LogP contribution in [0.15, 0.2) is 60.7 Å². The van der Waals surface area contributed by atoms with Gasteiger partial charge in [0.25, 0.3) is 0 Å². The highest BCUT2D eigenvalue weighted by Gasteiger charge is 2.27. The number of rotatable bonds is 8. The molecule has 0 aliphatic heterocycles. The number of aromatic carboxylic acids is 2. The van der Waals surface area contributed by atoms with E-state index < -0.39 is 18.0 Å². The number of aliphatic hydroxyl groups excluding tert-OH is 2. The Bertz CT molecular complexity index is 677. The Morgan fingerprint density at radius 2 is 1.06 bits per heavy atom. The van der Waals surface area contributed by atoms with Gasteiger partial charge in [-0.15, -0.1) is 0 Å². The zero-order chi connectivity index (χ0) is 23.8.